The standard InChI is InChI=1S/C21H36N4.HI/c1-23(2)21(24(3)4)22-14-8-9-15-25-16-12-20(13-17-25)18-19-10-6-5-7-11-19;/h5-7,10-11,20H,8-9,12-18H2,1-4H3;1H. The number of nitrogens with zero attached hydrogens (tertiary/aromatic N) is 4. The van der Waals surface area contributed by atoms with Gasteiger partial charge in [-0.2, -0.15) is 0 Å². The third-order valence-corrected chi connectivity index (χ3v) is 5.01. The van der Waals surface area contributed by atoms with Crippen molar-refractivity contribution < 1.29 is 0 Å². The molecule has 0 unspecified atom stereocenters. The van der Waals surface area contributed by atoms with Gasteiger partial charge in [0.2, 0.25) is 0 Å². The summed E-state index contributed by atoms with van der Waals surface area (Å²) < 4.78 is 0. The number of piperidine rings is 1. The molecule has 148 valence electrons. The number of unbranched alkanes of at least 4 members (excludes halogenated alkanes) is 1. The molecule has 1 heterocycles. The number of halogens is 1. The Bertz CT molecular complexity index is 498. The summed E-state index contributed by atoms with van der Waals surface area (Å²) in [6.07, 6.45) is 6.37. The number of hydrogen-bond acceptors (Lipinski definition) is 2. The van der Waals surface area contributed by atoms with Crippen LogP contribution in [0.1, 0.15) is 31.2 Å². The molecule has 0 spiro atoms. The predicted molar refractivity (Wildman–Crippen MR) is 124 cm³/mol. The summed E-state index contributed by atoms with van der Waals surface area (Å²) in [5.41, 5.74) is 1.50. The highest BCUT2D eigenvalue weighted by Gasteiger charge is 2.18. The van der Waals surface area contributed by atoms with E-state index in [0.717, 1.165) is 18.4 Å². The molecule has 26 heavy (non-hydrogen) atoms. The molecular weight excluding hydrogens is 435 g/mol. The Balaban J connectivity index is 0.00000338. The van der Waals surface area contributed by atoms with Crippen molar-refractivity contribution in [1.29, 1.82) is 0 Å². The first-order valence-electron chi connectivity index (χ1n) is 9.71. The minimum atomic E-state index is 0. The lowest BCUT2D eigenvalue weighted by atomic mass is 9.90. The van der Waals surface area contributed by atoms with Crippen LogP contribution in [-0.4, -0.2) is 75.0 Å². The zero-order chi connectivity index (χ0) is 18.1. The molecule has 5 heteroatoms. The molecule has 1 fully saturated rings. The van der Waals surface area contributed by atoms with Gasteiger partial charge in [0.1, 0.15) is 0 Å². The first-order valence-corrected chi connectivity index (χ1v) is 9.71. The van der Waals surface area contributed by atoms with Gasteiger partial charge in [-0.15, -0.1) is 24.0 Å². The monoisotopic (exact) mass is 472 g/mol. The molecule has 2 rings (SSSR count). The molecule has 0 N–H and O–H groups in total. The third kappa shape index (κ3) is 8.25. The second-order valence-electron chi connectivity index (χ2n) is 7.65. The number of aliphatic imine (C=N–C) groups is 1. The molecule has 0 radical (unpaired) electrons. The van der Waals surface area contributed by atoms with Gasteiger partial charge in [0.05, 0.1) is 0 Å². The molecule has 1 aliphatic heterocycles. The van der Waals surface area contributed by atoms with Gasteiger partial charge < -0.3 is 14.7 Å². The smallest absolute Gasteiger partial charge is 0.195 e. The van der Waals surface area contributed by atoms with E-state index >= 15 is 0 Å². The van der Waals surface area contributed by atoms with Crippen LogP contribution >= 0.6 is 24.0 Å². The SMILES string of the molecule is CN(C)C(=NCCCCN1CCC(Cc2ccccc2)CC1)N(C)C.I. The lowest BCUT2D eigenvalue weighted by Gasteiger charge is -2.32. The molecule has 1 aliphatic rings. The molecule has 0 bridgehead atoms. The molecular formula is C21H37IN4. The Kier molecular flexibility index (Phi) is 11.2. The predicted octanol–water partition coefficient (Wildman–Crippen LogP) is 3.82. The first-order chi connectivity index (χ1) is 12.1. The van der Waals surface area contributed by atoms with E-state index in [1.807, 2.05) is 0 Å². The summed E-state index contributed by atoms with van der Waals surface area (Å²) in [6.45, 7) is 4.69. The van der Waals surface area contributed by atoms with Gasteiger partial charge in [0.15, 0.2) is 5.96 Å². The molecule has 1 aromatic carbocycles. The van der Waals surface area contributed by atoms with Gasteiger partial charge in [0.25, 0.3) is 0 Å². The highest BCUT2D eigenvalue weighted by molar-refractivity contribution is 14.0. The van der Waals surface area contributed by atoms with E-state index in [2.05, 4.69) is 73.2 Å². The van der Waals surface area contributed by atoms with Crippen molar-refractivity contribution >= 4 is 29.9 Å². The fourth-order valence-corrected chi connectivity index (χ4v) is 3.67. The molecule has 1 saturated heterocycles. The van der Waals surface area contributed by atoms with Gasteiger partial charge in [-0.1, -0.05) is 30.3 Å². The molecule has 0 aromatic heterocycles. The molecule has 4 nitrogen and oxygen atoms in total. The van der Waals surface area contributed by atoms with Crippen LogP contribution in [0, 0.1) is 5.92 Å². The van der Waals surface area contributed by atoms with Crippen molar-refractivity contribution in [3.05, 3.63) is 35.9 Å². The molecule has 0 amide bonds. The molecule has 0 aliphatic carbocycles. The quantitative estimate of drug-likeness (QED) is 0.261. The average Bonchev–Trinajstić information content (AvgIpc) is 2.59. The van der Waals surface area contributed by atoms with Crippen LogP contribution in [0.3, 0.4) is 0 Å². The summed E-state index contributed by atoms with van der Waals surface area (Å²) in [4.78, 5) is 11.5. The van der Waals surface area contributed by atoms with Crippen LogP contribution in [-0.2, 0) is 6.42 Å². The summed E-state index contributed by atoms with van der Waals surface area (Å²) >= 11 is 0. The Morgan fingerprint density at radius 2 is 1.62 bits per heavy atom. The number of benzene rings is 1. The minimum absolute atomic E-state index is 0. The fraction of sp³-hybridized carbons (Fsp3) is 0.667. The van der Waals surface area contributed by atoms with Crippen LogP contribution in [0.15, 0.2) is 35.3 Å². The van der Waals surface area contributed by atoms with E-state index in [9.17, 15) is 0 Å². The molecule has 0 saturated carbocycles. The Labute approximate surface area is 177 Å². The molecule has 1 aromatic rings. The number of likely N-dealkylation sites (tertiary alicyclic amines) is 1. The Morgan fingerprint density at radius 3 is 2.19 bits per heavy atom. The van der Waals surface area contributed by atoms with Crippen molar-refractivity contribution in [2.24, 2.45) is 10.9 Å². The Hall–Kier alpha value is -0.820. The Morgan fingerprint density at radius 1 is 1.00 bits per heavy atom. The van der Waals surface area contributed by atoms with Gasteiger partial charge in [0, 0.05) is 34.7 Å². The van der Waals surface area contributed by atoms with Gasteiger partial charge in [-0.05, 0) is 63.2 Å². The van der Waals surface area contributed by atoms with Crippen molar-refractivity contribution in [3.8, 4) is 0 Å². The second kappa shape index (κ2) is 12.5. The summed E-state index contributed by atoms with van der Waals surface area (Å²) in [6, 6.07) is 11.0. The minimum Gasteiger partial charge on any atom is -0.349 e. The van der Waals surface area contributed by atoms with E-state index in [1.54, 1.807) is 0 Å². The van der Waals surface area contributed by atoms with E-state index in [4.69, 9.17) is 4.99 Å². The van der Waals surface area contributed by atoms with Gasteiger partial charge >= 0.3 is 0 Å². The van der Waals surface area contributed by atoms with Crippen LogP contribution in [0.5, 0.6) is 0 Å². The lowest BCUT2D eigenvalue weighted by molar-refractivity contribution is 0.181. The van der Waals surface area contributed by atoms with Crippen LogP contribution in [0.4, 0.5) is 0 Å². The number of rotatable bonds is 7. The average molecular weight is 472 g/mol. The van der Waals surface area contributed by atoms with Gasteiger partial charge in [-0.25, -0.2) is 0 Å². The number of hydrogen-bond donors (Lipinski definition) is 0. The van der Waals surface area contributed by atoms with Crippen LogP contribution in [0.2, 0.25) is 0 Å². The van der Waals surface area contributed by atoms with E-state index in [1.165, 1.54) is 57.3 Å². The topological polar surface area (TPSA) is 22.1 Å². The fourth-order valence-electron chi connectivity index (χ4n) is 3.67. The zero-order valence-corrected chi connectivity index (χ0v) is 19.4. The maximum Gasteiger partial charge on any atom is 0.195 e. The third-order valence-electron chi connectivity index (χ3n) is 5.01. The summed E-state index contributed by atoms with van der Waals surface area (Å²) in [7, 11) is 8.22. The zero-order valence-electron chi connectivity index (χ0n) is 17.0. The molecule has 0 atom stereocenters. The lowest BCUT2D eigenvalue weighted by Crippen LogP contribution is -2.36. The van der Waals surface area contributed by atoms with Crippen LogP contribution < -0.4 is 0 Å². The van der Waals surface area contributed by atoms with E-state index in [0.29, 0.717) is 0 Å². The maximum atomic E-state index is 4.71. The second-order valence-corrected chi connectivity index (χ2v) is 7.65. The normalized spacial score (nSPS) is 15.2. The van der Waals surface area contributed by atoms with Crippen molar-refractivity contribution in [2.45, 2.75) is 32.1 Å². The van der Waals surface area contributed by atoms with E-state index in [-0.39, 0.29) is 24.0 Å². The van der Waals surface area contributed by atoms with Crippen LogP contribution in [0.25, 0.3) is 0 Å². The highest BCUT2D eigenvalue weighted by atomic mass is 127. The van der Waals surface area contributed by atoms with Crippen molar-refractivity contribution in [3.63, 3.8) is 0 Å². The van der Waals surface area contributed by atoms with Gasteiger partial charge in [-0.3, -0.25) is 4.99 Å². The highest BCUT2D eigenvalue weighted by Crippen LogP contribution is 2.21. The van der Waals surface area contributed by atoms with Crippen molar-refractivity contribution in [1.82, 2.24) is 14.7 Å². The van der Waals surface area contributed by atoms with Crippen molar-refractivity contribution in [2.75, 3.05) is 54.4 Å². The first kappa shape index (κ1) is 23.2. The summed E-state index contributed by atoms with van der Waals surface area (Å²) in [5, 5.41) is 0. The summed E-state index contributed by atoms with van der Waals surface area (Å²) in [5.74, 6) is 1.92. The van der Waals surface area contributed by atoms with E-state index < -0.39 is 0 Å². The maximum absolute atomic E-state index is 4.71. The number of guanidine groups is 1. The largest absolute Gasteiger partial charge is 0.349 e.